The normalized spacial score (nSPS) is 12.2. The Kier molecular flexibility index (Phi) is 17.2. The first-order valence-corrected chi connectivity index (χ1v) is 10.9. The van der Waals surface area contributed by atoms with E-state index in [0.29, 0.717) is 18.1 Å². The Hall–Kier alpha value is -0.160. The minimum absolute atomic E-state index is 0.533. The van der Waals surface area contributed by atoms with Gasteiger partial charge in [-0.3, -0.25) is 0 Å². The molecular formula is C21H45N4-3. The zero-order chi connectivity index (χ0) is 18.9. The average molecular weight is 354 g/mol. The van der Waals surface area contributed by atoms with Crippen molar-refractivity contribution in [2.45, 2.75) is 98.2 Å². The van der Waals surface area contributed by atoms with Gasteiger partial charge in [0.1, 0.15) is 0 Å². The molecule has 0 aliphatic heterocycles. The smallest absolute Gasteiger partial charge is 0.0209 e. The molecule has 0 spiro atoms. The quantitative estimate of drug-likeness (QED) is 0.299. The molecule has 0 aromatic carbocycles. The molecule has 25 heavy (non-hydrogen) atoms. The molecule has 0 amide bonds. The van der Waals surface area contributed by atoms with Crippen LogP contribution in [0.4, 0.5) is 0 Å². The Balaban J connectivity index is 4.24. The van der Waals surface area contributed by atoms with Crippen molar-refractivity contribution in [2.75, 3.05) is 39.3 Å². The summed E-state index contributed by atoms with van der Waals surface area (Å²) in [6, 6.07) is 1.60. The van der Waals surface area contributed by atoms with E-state index in [1.54, 1.807) is 0 Å². The van der Waals surface area contributed by atoms with Gasteiger partial charge in [-0.25, -0.2) is 0 Å². The second-order valence-electron chi connectivity index (χ2n) is 6.97. The van der Waals surface area contributed by atoms with Crippen LogP contribution in [0, 0.1) is 0 Å². The summed E-state index contributed by atoms with van der Waals surface area (Å²) >= 11 is 0. The van der Waals surface area contributed by atoms with Gasteiger partial charge in [-0.2, -0.15) is 0 Å². The van der Waals surface area contributed by atoms with Gasteiger partial charge >= 0.3 is 0 Å². The fourth-order valence-corrected chi connectivity index (χ4v) is 3.12. The fourth-order valence-electron chi connectivity index (χ4n) is 3.12. The molecule has 0 fully saturated rings. The van der Waals surface area contributed by atoms with Crippen molar-refractivity contribution in [1.82, 2.24) is 4.90 Å². The summed E-state index contributed by atoms with van der Waals surface area (Å²) in [5.74, 6) is 0. The molecule has 0 aliphatic carbocycles. The molecule has 0 N–H and O–H groups in total. The minimum atomic E-state index is 0.533. The molecule has 0 aliphatic rings. The first-order valence-electron chi connectivity index (χ1n) is 10.9. The lowest BCUT2D eigenvalue weighted by Gasteiger charge is -2.38. The highest BCUT2D eigenvalue weighted by molar-refractivity contribution is 4.95. The third kappa shape index (κ3) is 12.8. The highest BCUT2D eigenvalue weighted by Gasteiger charge is 2.00. The van der Waals surface area contributed by atoms with E-state index >= 15 is 0 Å². The van der Waals surface area contributed by atoms with Crippen LogP contribution >= 0.6 is 0 Å². The molecule has 0 saturated carbocycles. The highest BCUT2D eigenvalue weighted by atomic mass is 15.2. The zero-order valence-electron chi connectivity index (χ0n) is 18.0. The van der Waals surface area contributed by atoms with Crippen molar-refractivity contribution >= 4 is 0 Å². The van der Waals surface area contributed by atoms with E-state index in [4.69, 9.17) is 16.0 Å². The van der Waals surface area contributed by atoms with E-state index in [1.807, 2.05) is 0 Å². The van der Waals surface area contributed by atoms with Crippen LogP contribution in [0.5, 0.6) is 0 Å². The van der Waals surface area contributed by atoms with E-state index in [-0.39, 0.29) is 0 Å². The summed E-state index contributed by atoms with van der Waals surface area (Å²) in [5.41, 5.74) is 0. The number of hydrogen-bond donors (Lipinski definition) is 0. The van der Waals surface area contributed by atoms with Crippen molar-refractivity contribution in [3.63, 3.8) is 0 Å². The van der Waals surface area contributed by atoms with Crippen molar-refractivity contribution in [3.05, 3.63) is 16.0 Å². The van der Waals surface area contributed by atoms with Gasteiger partial charge in [0.05, 0.1) is 0 Å². The lowest BCUT2D eigenvalue weighted by molar-refractivity contribution is 0.304. The maximum Gasteiger partial charge on any atom is -0.0209 e. The van der Waals surface area contributed by atoms with E-state index < -0.39 is 0 Å². The Morgan fingerprint density at radius 1 is 0.480 bits per heavy atom. The minimum Gasteiger partial charge on any atom is -0.658 e. The standard InChI is InChI=1S/C21H45N4/c1-7-19(8-2)22-13-16-25(17-14-23-20(9-3)10-4)18-15-24-21(11-5)12-6/h19-21H,7-18H2,1-6H3/q-3. The molecule has 0 rings (SSSR count). The summed E-state index contributed by atoms with van der Waals surface area (Å²) < 4.78 is 0. The van der Waals surface area contributed by atoms with Crippen LogP contribution in [0.25, 0.3) is 16.0 Å². The van der Waals surface area contributed by atoms with Crippen LogP contribution in [0.3, 0.4) is 0 Å². The Bertz CT molecular complexity index is 218. The van der Waals surface area contributed by atoms with Crippen molar-refractivity contribution < 1.29 is 0 Å². The number of rotatable bonds is 18. The van der Waals surface area contributed by atoms with Crippen molar-refractivity contribution in [3.8, 4) is 0 Å². The van der Waals surface area contributed by atoms with Crippen LogP contribution in [0.2, 0.25) is 0 Å². The van der Waals surface area contributed by atoms with Crippen LogP contribution in [0.1, 0.15) is 80.1 Å². The van der Waals surface area contributed by atoms with Gasteiger partial charge in [-0.05, 0) is 19.6 Å². The van der Waals surface area contributed by atoms with E-state index in [2.05, 4.69) is 46.4 Å². The monoisotopic (exact) mass is 353 g/mol. The van der Waals surface area contributed by atoms with Crippen LogP contribution in [0.15, 0.2) is 0 Å². The topological polar surface area (TPSA) is 45.5 Å². The van der Waals surface area contributed by atoms with Crippen LogP contribution in [-0.4, -0.2) is 62.3 Å². The third-order valence-electron chi connectivity index (χ3n) is 5.24. The lowest BCUT2D eigenvalue weighted by atomic mass is 10.1. The summed E-state index contributed by atoms with van der Waals surface area (Å²) in [6.07, 6.45) is 6.94. The van der Waals surface area contributed by atoms with Crippen molar-refractivity contribution in [1.29, 1.82) is 0 Å². The molecule has 152 valence electrons. The number of nitrogens with zero attached hydrogens (tertiary/aromatic N) is 4. The highest BCUT2D eigenvalue weighted by Crippen LogP contribution is 2.12. The number of hydrogen-bond acceptors (Lipinski definition) is 1. The summed E-state index contributed by atoms with van der Waals surface area (Å²) in [6.45, 7) is 19.4. The molecule has 4 heteroatoms. The molecule has 0 aromatic rings. The maximum atomic E-state index is 4.85. The second-order valence-corrected chi connectivity index (χ2v) is 6.97. The van der Waals surface area contributed by atoms with Crippen molar-refractivity contribution in [2.24, 2.45) is 0 Å². The first-order chi connectivity index (χ1) is 12.1. The zero-order valence-corrected chi connectivity index (χ0v) is 18.0. The van der Waals surface area contributed by atoms with Gasteiger partial charge in [0.25, 0.3) is 0 Å². The third-order valence-corrected chi connectivity index (χ3v) is 5.24. The molecule has 0 aromatic heterocycles. The molecule has 0 bridgehead atoms. The molecule has 4 nitrogen and oxygen atoms in total. The van der Waals surface area contributed by atoms with E-state index in [9.17, 15) is 0 Å². The van der Waals surface area contributed by atoms with Gasteiger partial charge in [-0.15, -0.1) is 37.8 Å². The maximum absolute atomic E-state index is 4.85. The Labute approximate surface area is 158 Å². The molecule has 0 unspecified atom stereocenters. The van der Waals surface area contributed by atoms with E-state index in [0.717, 1.165) is 77.8 Å². The molecule has 0 radical (unpaired) electrons. The summed E-state index contributed by atoms with van der Waals surface area (Å²) in [7, 11) is 0. The SMILES string of the molecule is CCC(CC)[N-]CCN(CC[N-]C(CC)CC)CC[N-]C(CC)CC. The predicted octanol–water partition coefficient (Wildman–Crippen LogP) is 5.98. The Morgan fingerprint density at radius 2 is 0.720 bits per heavy atom. The van der Waals surface area contributed by atoms with E-state index in [1.165, 1.54) is 0 Å². The molecular weight excluding hydrogens is 308 g/mol. The van der Waals surface area contributed by atoms with Crippen LogP contribution < -0.4 is 0 Å². The molecule has 0 atom stereocenters. The average Bonchev–Trinajstić information content (AvgIpc) is 2.65. The van der Waals surface area contributed by atoms with Gasteiger partial charge in [0.15, 0.2) is 0 Å². The largest absolute Gasteiger partial charge is 0.658 e. The van der Waals surface area contributed by atoms with Gasteiger partial charge in [-0.1, -0.05) is 80.1 Å². The second kappa shape index (κ2) is 17.3. The predicted molar refractivity (Wildman–Crippen MR) is 114 cm³/mol. The van der Waals surface area contributed by atoms with Gasteiger partial charge in [0, 0.05) is 0 Å². The molecule has 0 heterocycles. The fraction of sp³-hybridized carbons (Fsp3) is 1.00. The summed E-state index contributed by atoms with van der Waals surface area (Å²) in [4.78, 5) is 2.52. The van der Waals surface area contributed by atoms with Gasteiger partial charge in [0.2, 0.25) is 0 Å². The first kappa shape index (κ1) is 24.8. The summed E-state index contributed by atoms with van der Waals surface area (Å²) in [5, 5.41) is 14.5. The Morgan fingerprint density at radius 3 is 0.920 bits per heavy atom. The lowest BCUT2D eigenvalue weighted by Crippen LogP contribution is -2.33. The van der Waals surface area contributed by atoms with Crippen LogP contribution in [-0.2, 0) is 0 Å². The molecule has 0 saturated heterocycles. The van der Waals surface area contributed by atoms with Gasteiger partial charge < -0.3 is 20.9 Å².